The number of rotatable bonds is 4. The van der Waals surface area contributed by atoms with Gasteiger partial charge in [0.1, 0.15) is 0 Å². The maximum Gasteiger partial charge on any atom is 0.0946 e. The minimum atomic E-state index is 0.256. The van der Waals surface area contributed by atoms with E-state index in [4.69, 9.17) is 4.74 Å². The second-order valence-electron chi connectivity index (χ2n) is 4.97. The molecule has 0 radical (unpaired) electrons. The Balaban J connectivity index is 1.56. The number of hydrogen-bond acceptors (Lipinski definition) is 3. The van der Waals surface area contributed by atoms with Crippen LogP contribution < -0.4 is 0 Å². The minimum absolute atomic E-state index is 0.256. The number of aromatic nitrogens is 2. The second-order valence-corrected chi connectivity index (χ2v) is 4.97. The van der Waals surface area contributed by atoms with Gasteiger partial charge in [0.15, 0.2) is 0 Å². The van der Waals surface area contributed by atoms with Crippen LogP contribution in [-0.2, 0) is 17.8 Å². The van der Waals surface area contributed by atoms with E-state index in [9.17, 15) is 0 Å². The van der Waals surface area contributed by atoms with Gasteiger partial charge in [-0.2, -0.15) is 0 Å². The lowest BCUT2D eigenvalue weighted by molar-refractivity contribution is -0.0387. The number of benzene rings is 1. The highest BCUT2D eigenvalue weighted by atomic mass is 16.5. The smallest absolute Gasteiger partial charge is 0.0946 e. The lowest BCUT2D eigenvalue weighted by Gasteiger charge is -2.33. The molecule has 1 aliphatic heterocycles. The van der Waals surface area contributed by atoms with Crippen molar-refractivity contribution in [2.24, 2.45) is 0 Å². The molecule has 100 valence electrons. The van der Waals surface area contributed by atoms with E-state index in [0.29, 0.717) is 0 Å². The summed E-state index contributed by atoms with van der Waals surface area (Å²) >= 11 is 0. The summed E-state index contributed by atoms with van der Waals surface area (Å²) in [6, 6.07) is 10.6. The molecule has 0 N–H and O–H groups in total. The molecule has 2 heterocycles. The van der Waals surface area contributed by atoms with E-state index < -0.39 is 0 Å². The Labute approximate surface area is 113 Å². The predicted octanol–water partition coefficient (Wildman–Crippen LogP) is 1.78. The molecule has 0 spiro atoms. The maximum absolute atomic E-state index is 5.83. The van der Waals surface area contributed by atoms with E-state index in [2.05, 4.69) is 44.8 Å². The Morgan fingerprint density at radius 2 is 2.16 bits per heavy atom. The molecule has 1 aromatic carbocycles. The first kappa shape index (κ1) is 12.4. The molecule has 1 fully saturated rings. The van der Waals surface area contributed by atoms with Crippen LogP contribution in [-0.4, -0.2) is 40.3 Å². The SMILES string of the molecule is c1ccc(CN2CCOC(Cn3ccnc3)C2)cc1. The summed E-state index contributed by atoms with van der Waals surface area (Å²) in [5.74, 6) is 0. The van der Waals surface area contributed by atoms with Crippen LogP contribution in [0.3, 0.4) is 0 Å². The summed E-state index contributed by atoms with van der Waals surface area (Å²) in [6.45, 7) is 4.69. The van der Waals surface area contributed by atoms with Gasteiger partial charge in [0.2, 0.25) is 0 Å². The van der Waals surface area contributed by atoms with Gasteiger partial charge in [-0.05, 0) is 5.56 Å². The minimum Gasteiger partial charge on any atom is -0.374 e. The third-order valence-electron chi connectivity index (χ3n) is 3.45. The monoisotopic (exact) mass is 257 g/mol. The largest absolute Gasteiger partial charge is 0.374 e. The second kappa shape index (κ2) is 5.99. The first-order valence-electron chi connectivity index (χ1n) is 6.74. The molecular weight excluding hydrogens is 238 g/mol. The van der Waals surface area contributed by atoms with Gasteiger partial charge in [-0.25, -0.2) is 4.98 Å². The molecule has 1 unspecified atom stereocenters. The Morgan fingerprint density at radius 3 is 2.95 bits per heavy atom. The van der Waals surface area contributed by atoms with E-state index in [-0.39, 0.29) is 6.10 Å². The van der Waals surface area contributed by atoms with E-state index in [1.165, 1.54) is 5.56 Å². The lowest BCUT2D eigenvalue weighted by Crippen LogP contribution is -2.43. The van der Waals surface area contributed by atoms with Crippen molar-refractivity contribution in [3.8, 4) is 0 Å². The van der Waals surface area contributed by atoms with Crippen molar-refractivity contribution in [1.29, 1.82) is 0 Å². The van der Waals surface area contributed by atoms with Gasteiger partial charge >= 0.3 is 0 Å². The van der Waals surface area contributed by atoms with Crippen molar-refractivity contribution in [2.75, 3.05) is 19.7 Å². The van der Waals surface area contributed by atoms with Crippen molar-refractivity contribution in [3.63, 3.8) is 0 Å². The van der Waals surface area contributed by atoms with Gasteiger partial charge in [0.25, 0.3) is 0 Å². The molecule has 1 aliphatic rings. The average molecular weight is 257 g/mol. The third kappa shape index (κ3) is 3.43. The van der Waals surface area contributed by atoms with Crippen molar-refractivity contribution in [2.45, 2.75) is 19.2 Å². The van der Waals surface area contributed by atoms with Crippen molar-refractivity contribution < 1.29 is 4.74 Å². The quantitative estimate of drug-likeness (QED) is 0.836. The normalized spacial score (nSPS) is 20.5. The molecule has 0 aliphatic carbocycles. The van der Waals surface area contributed by atoms with E-state index >= 15 is 0 Å². The topological polar surface area (TPSA) is 30.3 Å². The molecule has 1 saturated heterocycles. The van der Waals surface area contributed by atoms with Crippen LogP contribution in [0.25, 0.3) is 0 Å². The van der Waals surface area contributed by atoms with Crippen LogP contribution in [0, 0.1) is 0 Å². The highest BCUT2D eigenvalue weighted by Crippen LogP contribution is 2.11. The van der Waals surface area contributed by atoms with Crippen molar-refractivity contribution in [1.82, 2.24) is 14.5 Å². The van der Waals surface area contributed by atoms with E-state index in [0.717, 1.165) is 32.8 Å². The highest BCUT2D eigenvalue weighted by Gasteiger charge is 2.20. The molecule has 2 aromatic rings. The van der Waals surface area contributed by atoms with E-state index in [1.807, 2.05) is 18.7 Å². The van der Waals surface area contributed by atoms with Crippen molar-refractivity contribution in [3.05, 3.63) is 54.6 Å². The number of morpholine rings is 1. The summed E-state index contributed by atoms with van der Waals surface area (Å²) < 4.78 is 7.91. The molecule has 0 amide bonds. The predicted molar refractivity (Wildman–Crippen MR) is 73.7 cm³/mol. The fourth-order valence-electron chi connectivity index (χ4n) is 2.51. The molecular formula is C15H19N3O. The number of imidazole rings is 1. The van der Waals surface area contributed by atoms with E-state index in [1.54, 1.807) is 0 Å². The Bertz CT molecular complexity index is 483. The molecule has 4 heteroatoms. The molecule has 0 saturated carbocycles. The summed E-state index contributed by atoms with van der Waals surface area (Å²) in [4.78, 5) is 6.53. The molecule has 4 nitrogen and oxygen atoms in total. The zero-order valence-electron chi connectivity index (χ0n) is 11.0. The van der Waals surface area contributed by atoms with Gasteiger partial charge in [-0.1, -0.05) is 30.3 Å². The van der Waals surface area contributed by atoms with Gasteiger partial charge in [-0.15, -0.1) is 0 Å². The van der Waals surface area contributed by atoms with Gasteiger partial charge in [-0.3, -0.25) is 4.90 Å². The summed E-state index contributed by atoms with van der Waals surface area (Å²) in [6.07, 6.45) is 5.90. The van der Waals surface area contributed by atoms with Crippen LogP contribution in [0.15, 0.2) is 49.1 Å². The fraction of sp³-hybridized carbons (Fsp3) is 0.400. The standard InChI is InChI=1S/C15H19N3O/c1-2-4-14(5-3-1)10-17-8-9-19-15(11-17)12-18-7-6-16-13-18/h1-7,13,15H,8-12H2. The summed E-state index contributed by atoms with van der Waals surface area (Å²) in [7, 11) is 0. The first-order valence-corrected chi connectivity index (χ1v) is 6.74. The fourth-order valence-corrected chi connectivity index (χ4v) is 2.51. The molecule has 0 bridgehead atoms. The Kier molecular flexibility index (Phi) is 3.91. The summed E-state index contributed by atoms with van der Waals surface area (Å²) in [5.41, 5.74) is 1.37. The third-order valence-corrected chi connectivity index (χ3v) is 3.45. The van der Waals surface area contributed by atoms with Crippen LogP contribution in [0.2, 0.25) is 0 Å². The molecule has 3 rings (SSSR count). The Morgan fingerprint density at radius 1 is 1.26 bits per heavy atom. The van der Waals surface area contributed by atoms with Crippen LogP contribution >= 0.6 is 0 Å². The van der Waals surface area contributed by atoms with Crippen LogP contribution in [0.1, 0.15) is 5.56 Å². The zero-order chi connectivity index (χ0) is 12.9. The lowest BCUT2D eigenvalue weighted by atomic mass is 10.2. The number of ether oxygens (including phenoxy) is 1. The van der Waals surface area contributed by atoms with Crippen LogP contribution in [0.5, 0.6) is 0 Å². The number of nitrogens with zero attached hydrogens (tertiary/aromatic N) is 3. The van der Waals surface area contributed by atoms with Gasteiger partial charge in [0.05, 0.1) is 25.6 Å². The maximum atomic E-state index is 5.83. The Hall–Kier alpha value is -1.65. The average Bonchev–Trinajstić information content (AvgIpc) is 2.93. The van der Waals surface area contributed by atoms with Gasteiger partial charge in [0, 0.05) is 32.0 Å². The number of hydrogen-bond donors (Lipinski definition) is 0. The zero-order valence-corrected chi connectivity index (χ0v) is 11.0. The summed E-state index contributed by atoms with van der Waals surface area (Å²) in [5, 5.41) is 0. The van der Waals surface area contributed by atoms with Gasteiger partial charge < -0.3 is 9.30 Å². The molecule has 1 aromatic heterocycles. The molecule has 19 heavy (non-hydrogen) atoms. The highest BCUT2D eigenvalue weighted by molar-refractivity contribution is 5.14. The van der Waals surface area contributed by atoms with Crippen LogP contribution in [0.4, 0.5) is 0 Å². The molecule has 1 atom stereocenters. The first-order chi connectivity index (χ1) is 9.40. The van der Waals surface area contributed by atoms with Crippen molar-refractivity contribution >= 4 is 0 Å².